The van der Waals surface area contributed by atoms with E-state index < -0.39 is 0 Å². The number of nitrogens with zero attached hydrogens (tertiary/aromatic N) is 2. The quantitative estimate of drug-likeness (QED) is 0.452. The van der Waals surface area contributed by atoms with Crippen LogP contribution in [0.5, 0.6) is 11.5 Å². The maximum atomic E-state index is 12.8. The molecule has 0 unspecified atom stereocenters. The van der Waals surface area contributed by atoms with Gasteiger partial charge in [0.25, 0.3) is 11.8 Å². The average molecular weight is 348 g/mol. The molecular weight excluding hydrogens is 324 g/mol. The standard InChI is InChI=1S/C18H24N2O5/c1-19(2)17(21)14(18(22)20-7-9-25-10-8-20)11-13-5-6-15(23-3)16(12-13)24-4/h5-6,11-12H,7-10H2,1-4H3. The SMILES string of the molecule is COc1ccc(C=C(C(=O)N(C)C)C(=O)N2CCOCC2)cc1OC. The first kappa shape index (κ1) is 18.8. The molecule has 1 fully saturated rings. The molecule has 2 rings (SSSR count). The second-order valence-corrected chi connectivity index (χ2v) is 5.78. The summed E-state index contributed by atoms with van der Waals surface area (Å²) in [6.45, 7) is 1.91. The van der Waals surface area contributed by atoms with Crippen molar-refractivity contribution in [3.05, 3.63) is 29.3 Å². The molecule has 1 aromatic rings. The fraction of sp³-hybridized carbons (Fsp3) is 0.444. The van der Waals surface area contributed by atoms with E-state index in [1.807, 2.05) is 0 Å². The van der Waals surface area contributed by atoms with Crippen molar-refractivity contribution in [1.82, 2.24) is 9.80 Å². The van der Waals surface area contributed by atoms with Crippen molar-refractivity contribution >= 4 is 17.9 Å². The highest BCUT2D eigenvalue weighted by Crippen LogP contribution is 2.28. The van der Waals surface area contributed by atoms with Gasteiger partial charge < -0.3 is 24.0 Å². The van der Waals surface area contributed by atoms with Gasteiger partial charge in [-0.15, -0.1) is 0 Å². The van der Waals surface area contributed by atoms with Gasteiger partial charge in [-0.2, -0.15) is 0 Å². The lowest BCUT2D eigenvalue weighted by molar-refractivity contribution is -0.135. The zero-order valence-corrected chi connectivity index (χ0v) is 15.1. The molecule has 7 heteroatoms. The first-order chi connectivity index (χ1) is 12.0. The van der Waals surface area contributed by atoms with Gasteiger partial charge in [0.1, 0.15) is 5.57 Å². The number of benzene rings is 1. The largest absolute Gasteiger partial charge is 0.493 e. The van der Waals surface area contributed by atoms with Crippen molar-refractivity contribution in [2.24, 2.45) is 0 Å². The van der Waals surface area contributed by atoms with E-state index in [0.29, 0.717) is 43.4 Å². The third-order valence-corrected chi connectivity index (χ3v) is 3.88. The fourth-order valence-electron chi connectivity index (χ4n) is 2.50. The number of rotatable bonds is 5. The summed E-state index contributed by atoms with van der Waals surface area (Å²) in [6, 6.07) is 5.24. The van der Waals surface area contributed by atoms with Gasteiger partial charge in [-0.25, -0.2) is 0 Å². The summed E-state index contributed by atoms with van der Waals surface area (Å²) in [5, 5.41) is 0. The summed E-state index contributed by atoms with van der Waals surface area (Å²) in [6.07, 6.45) is 1.59. The Bertz CT molecular complexity index is 663. The van der Waals surface area contributed by atoms with E-state index in [9.17, 15) is 9.59 Å². The Labute approximate surface area is 147 Å². The van der Waals surface area contributed by atoms with Gasteiger partial charge in [0.15, 0.2) is 11.5 Å². The fourth-order valence-corrected chi connectivity index (χ4v) is 2.50. The number of likely N-dealkylation sites (N-methyl/N-ethyl adjacent to an activating group) is 1. The molecule has 0 spiro atoms. The summed E-state index contributed by atoms with van der Waals surface area (Å²) < 4.78 is 15.8. The number of hydrogen-bond donors (Lipinski definition) is 0. The molecule has 0 aromatic heterocycles. The van der Waals surface area contributed by atoms with Crippen LogP contribution in [0.4, 0.5) is 0 Å². The maximum Gasteiger partial charge on any atom is 0.259 e. The van der Waals surface area contributed by atoms with Crippen LogP contribution in [0.25, 0.3) is 6.08 Å². The van der Waals surface area contributed by atoms with E-state index in [0.717, 1.165) is 0 Å². The Balaban J connectivity index is 2.39. The number of morpholine rings is 1. The van der Waals surface area contributed by atoms with E-state index in [1.165, 1.54) is 12.0 Å². The van der Waals surface area contributed by atoms with Gasteiger partial charge in [0, 0.05) is 27.2 Å². The summed E-state index contributed by atoms with van der Waals surface area (Å²) >= 11 is 0. The number of carbonyl (C=O) groups excluding carboxylic acids is 2. The first-order valence-electron chi connectivity index (χ1n) is 8.00. The van der Waals surface area contributed by atoms with E-state index in [2.05, 4.69) is 0 Å². The lowest BCUT2D eigenvalue weighted by Crippen LogP contribution is -2.43. The second kappa shape index (κ2) is 8.53. The first-order valence-corrected chi connectivity index (χ1v) is 8.00. The van der Waals surface area contributed by atoms with E-state index in [-0.39, 0.29) is 17.4 Å². The van der Waals surface area contributed by atoms with Crippen LogP contribution >= 0.6 is 0 Å². The molecule has 1 aliphatic heterocycles. The summed E-state index contributed by atoms with van der Waals surface area (Å²) in [5.74, 6) is 0.481. The Morgan fingerprint density at radius 2 is 1.76 bits per heavy atom. The van der Waals surface area contributed by atoms with Gasteiger partial charge in [-0.05, 0) is 23.8 Å². The Morgan fingerprint density at radius 3 is 2.32 bits per heavy atom. The third-order valence-electron chi connectivity index (χ3n) is 3.88. The van der Waals surface area contributed by atoms with Gasteiger partial charge in [-0.3, -0.25) is 9.59 Å². The number of methoxy groups -OCH3 is 2. The Hall–Kier alpha value is -2.54. The molecule has 136 valence electrons. The van der Waals surface area contributed by atoms with Crippen LogP contribution < -0.4 is 9.47 Å². The smallest absolute Gasteiger partial charge is 0.259 e. The van der Waals surface area contributed by atoms with Crippen LogP contribution in [0.2, 0.25) is 0 Å². The van der Waals surface area contributed by atoms with E-state index >= 15 is 0 Å². The monoisotopic (exact) mass is 348 g/mol. The van der Waals surface area contributed by atoms with E-state index in [1.54, 1.807) is 50.4 Å². The van der Waals surface area contributed by atoms with Crippen LogP contribution in [0.1, 0.15) is 5.56 Å². The molecule has 7 nitrogen and oxygen atoms in total. The number of ether oxygens (including phenoxy) is 3. The van der Waals surface area contributed by atoms with Crippen LogP contribution in [0.3, 0.4) is 0 Å². The minimum Gasteiger partial charge on any atom is -0.493 e. The molecule has 1 aliphatic rings. The number of amides is 2. The van der Waals surface area contributed by atoms with Crippen LogP contribution in [-0.2, 0) is 14.3 Å². The normalized spacial score (nSPS) is 14.9. The Kier molecular flexibility index (Phi) is 6.41. The predicted octanol–water partition coefficient (Wildman–Crippen LogP) is 1.03. The van der Waals surface area contributed by atoms with E-state index in [4.69, 9.17) is 14.2 Å². The molecule has 25 heavy (non-hydrogen) atoms. The van der Waals surface area contributed by atoms with Crippen LogP contribution in [0, 0.1) is 0 Å². The molecule has 0 atom stereocenters. The molecule has 2 amide bonds. The van der Waals surface area contributed by atoms with Crippen molar-refractivity contribution in [3.8, 4) is 11.5 Å². The molecule has 0 radical (unpaired) electrons. The van der Waals surface area contributed by atoms with Gasteiger partial charge in [0.2, 0.25) is 0 Å². The molecule has 0 N–H and O–H groups in total. The van der Waals surface area contributed by atoms with Crippen LogP contribution in [-0.4, -0.2) is 76.2 Å². The summed E-state index contributed by atoms with van der Waals surface area (Å²) in [7, 11) is 6.33. The summed E-state index contributed by atoms with van der Waals surface area (Å²) in [5.41, 5.74) is 0.795. The average Bonchev–Trinajstić information content (AvgIpc) is 2.65. The highest BCUT2D eigenvalue weighted by molar-refractivity contribution is 6.21. The van der Waals surface area contributed by atoms with Crippen molar-refractivity contribution in [3.63, 3.8) is 0 Å². The predicted molar refractivity (Wildman–Crippen MR) is 93.6 cm³/mol. The minimum absolute atomic E-state index is 0.110. The maximum absolute atomic E-state index is 12.8. The second-order valence-electron chi connectivity index (χ2n) is 5.78. The van der Waals surface area contributed by atoms with Crippen molar-refractivity contribution in [2.75, 3.05) is 54.6 Å². The molecule has 0 saturated carbocycles. The van der Waals surface area contributed by atoms with Crippen LogP contribution in [0.15, 0.2) is 23.8 Å². The zero-order chi connectivity index (χ0) is 18.4. The minimum atomic E-state index is -0.341. The third kappa shape index (κ3) is 4.51. The van der Waals surface area contributed by atoms with Crippen molar-refractivity contribution in [2.45, 2.75) is 0 Å². The number of hydrogen-bond acceptors (Lipinski definition) is 5. The molecule has 0 aliphatic carbocycles. The topological polar surface area (TPSA) is 68.3 Å². The highest BCUT2D eigenvalue weighted by Gasteiger charge is 2.26. The van der Waals surface area contributed by atoms with Gasteiger partial charge >= 0.3 is 0 Å². The molecule has 1 heterocycles. The zero-order valence-electron chi connectivity index (χ0n) is 15.1. The molecule has 1 saturated heterocycles. The molecule has 0 bridgehead atoms. The number of carbonyl (C=O) groups is 2. The molecule has 1 aromatic carbocycles. The van der Waals surface area contributed by atoms with Gasteiger partial charge in [-0.1, -0.05) is 6.07 Å². The van der Waals surface area contributed by atoms with Crippen molar-refractivity contribution < 1.29 is 23.8 Å². The van der Waals surface area contributed by atoms with Crippen molar-refractivity contribution in [1.29, 1.82) is 0 Å². The van der Waals surface area contributed by atoms with Gasteiger partial charge in [0.05, 0.1) is 27.4 Å². The Morgan fingerprint density at radius 1 is 1.12 bits per heavy atom. The highest BCUT2D eigenvalue weighted by atomic mass is 16.5. The lowest BCUT2D eigenvalue weighted by atomic mass is 10.1. The summed E-state index contributed by atoms with van der Waals surface area (Å²) in [4.78, 5) is 28.4. The molecular formula is C18H24N2O5. The lowest BCUT2D eigenvalue weighted by Gasteiger charge is -2.28.